The van der Waals surface area contributed by atoms with Crippen molar-refractivity contribution < 1.29 is 23.0 Å². The summed E-state index contributed by atoms with van der Waals surface area (Å²) in [4.78, 5) is 16.6. The first kappa shape index (κ1) is 18.2. The number of rotatable bonds is 6. The molecule has 2 aromatic carbocycles. The lowest BCUT2D eigenvalue weighted by atomic mass is 10.3. The molecule has 8 heteroatoms. The third-order valence-corrected chi connectivity index (χ3v) is 4.61. The Bertz CT molecular complexity index is 980. The monoisotopic (exact) mass is 378 g/mol. The van der Waals surface area contributed by atoms with E-state index >= 15 is 0 Å². The fourth-order valence-electron chi connectivity index (χ4n) is 2.38. The number of fused-ring (bicyclic) bond motifs is 1. The fraction of sp³-hybridized carbons (Fsp3) is 0.222. The number of carbonyl (C=O) groups excluding carboxylic acids is 1. The van der Waals surface area contributed by atoms with Gasteiger partial charge in [0, 0.05) is 13.7 Å². The number of hydrogen-bond acceptors (Lipinski definition) is 4. The van der Waals surface area contributed by atoms with E-state index < -0.39 is 5.91 Å². The molecule has 5 nitrogen and oxygen atoms in total. The van der Waals surface area contributed by atoms with Crippen LogP contribution >= 0.6 is 11.3 Å². The molecule has 136 valence electrons. The van der Waals surface area contributed by atoms with Gasteiger partial charge in [-0.1, -0.05) is 17.4 Å². The summed E-state index contributed by atoms with van der Waals surface area (Å²) in [6, 6.07) is 10.1. The van der Waals surface area contributed by atoms with Gasteiger partial charge in [0.05, 0.1) is 16.8 Å². The molecule has 0 bridgehead atoms. The molecule has 0 spiro atoms. The number of halogens is 2. The largest absolute Gasteiger partial charge is 0.484 e. The fourth-order valence-corrected chi connectivity index (χ4v) is 3.46. The predicted octanol–water partition coefficient (Wildman–Crippen LogP) is 3.13. The van der Waals surface area contributed by atoms with Crippen LogP contribution in [0.15, 0.2) is 47.5 Å². The number of ether oxygens (including phenoxy) is 2. The third-order valence-electron chi connectivity index (χ3n) is 3.57. The Labute approximate surface area is 152 Å². The summed E-state index contributed by atoms with van der Waals surface area (Å²) in [5.74, 6) is -0.928. The predicted molar refractivity (Wildman–Crippen MR) is 94.1 cm³/mol. The van der Waals surface area contributed by atoms with E-state index in [9.17, 15) is 13.6 Å². The van der Waals surface area contributed by atoms with Gasteiger partial charge >= 0.3 is 0 Å². The summed E-state index contributed by atoms with van der Waals surface area (Å²) in [6.07, 6.45) is 0. The van der Waals surface area contributed by atoms with Crippen molar-refractivity contribution >= 4 is 27.5 Å². The maximum absolute atomic E-state index is 14.2. The van der Waals surface area contributed by atoms with Gasteiger partial charge in [0.15, 0.2) is 11.4 Å². The number of amides is 1. The Kier molecular flexibility index (Phi) is 5.75. The molecule has 0 unspecified atom stereocenters. The molecule has 0 saturated carbocycles. The van der Waals surface area contributed by atoms with E-state index in [0.29, 0.717) is 33.9 Å². The van der Waals surface area contributed by atoms with Crippen molar-refractivity contribution in [3.8, 4) is 5.75 Å². The van der Waals surface area contributed by atoms with Gasteiger partial charge in [-0.15, -0.1) is 0 Å². The Balaban J connectivity index is 1.86. The van der Waals surface area contributed by atoms with Gasteiger partial charge in [-0.25, -0.2) is 8.78 Å². The van der Waals surface area contributed by atoms with Crippen LogP contribution in [-0.2, 0) is 16.1 Å². The first-order valence-corrected chi connectivity index (χ1v) is 8.63. The van der Waals surface area contributed by atoms with E-state index in [1.54, 1.807) is 23.8 Å². The number of para-hydroxylation sites is 1. The van der Waals surface area contributed by atoms with E-state index in [2.05, 4.69) is 4.99 Å². The molecule has 0 radical (unpaired) electrons. The molecular formula is C18H16F2N2O3S. The summed E-state index contributed by atoms with van der Waals surface area (Å²) in [5, 5.41) is 0. The Hall–Kier alpha value is -2.58. The number of benzene rings is 2. The van der Waals surface area contributed by atoms with E-state index in [1.165, 1.54) is 41.7 Å². The lowest BCUT2D eigenvalue weighted by Crippen LogP contribution is -2.21. The Morgan fingerprint density at radius 2 is 1.96 bits per heavy atom. The molecule has 1 heterocycles. The summed E-state index contributed by atoms with van der Waals surface area (Å²) in [7, 11) is 1.55. The van der Waals surface area contributed by atoms with Crippen molar-refractivity contribution in [1.82, 2.24) is 4.57 Å². The zero-order valence-electron chi connectivity index (χ0n) is 13.9. The zero-order valence-corrected chi connectivity index (χ0v) is 14.8. The molecule has 0 saturated heterocycles. The second kappa shape index (κ2) is 8.20. The van der Waals surface area contributed by atoms with Crippen molar-refractivity contribution in [3.05, 3.63) is 58.9 Å². The number of methoxy groups -OCH3 is 1. The SMILES string of the molecule is COCCn1c(=NC(=O)COc2ccc(F)cc2)sc2cccc(F)c21. The standard InChI is InChI=1S/C18H16F2N2O3S/c1-24-10-9-22-17-14(20)3-2-4-15(17)26-18(22)21-16(23)11-25-13-7-5-12(19)6-8-13/h2-8H,9-11H2,1H3. The zero-order chi connectivity index (χ0) is 18.5. The van der Waals surface area contributed by atoms with Crippen LogP contribution in [0.25, 0.3) is 10.2 Å². The summed E-state index contributed by atoms with van der Waals surface area (Å²) in [6.45, 7) is 0.419. The molecule has 0 fully saturated rings. The van der Waals surface area contributed by atoms with E-state index in [1.807, 2.05) is 0 Å². The van der Waals surface area contributed by atoms with Crippen molar-refractivity contribution in [2.75, 3.05) is 20.3 Å². The number of thiazole rings is 1. The quantitative estimate of drug-likeness (QED) is 0.662. The van der Waals surface area contributed by atoms with Gasteiger partial charge < -0.3 is 14.0 Å². The number of nitrogens with zero attached hydrogens (tertiary/aromatic N) is 2. The number of aromatic nitrogens is 1. The van der Waals surface area contributed by atoms with Crippen molar-refractivity contribution in [3.63, 3.8) is 0 Å². The van der Waals surface area contributed by atoms with Crippen LogP contribution < -0.4 is 9.54 Å². The molecule has 26 heavy (non-hydrogen) atoms. The van der Waals surface area contributed by atoms with Crippen LogP contribution in [0.2, 0.25) is 0 Å². The number of hydrogen-bond donors (Lipinski definition) is 0. The van der Waals surface area contributed by atoms with Gasteiger partial charge in [-0.2, -0.15) is 4.99 Å². The average molecular weight is 378 g/mol. The first-order valence-electron chi connectivity index (χ1n) is 7.81. The molecule has 0 aliphatic rings. The first-order chi connectivity index (χ1) is 12.6. The molecule has 1 aromatic heterocycles. The minimum Gasteiger partial charge on any atom is -0.484 e. The van der Waals surface area contributed by atoms with Crippen LogP contribution in [0.4, 0.5) is 8.78 Å². The van der Waals surface area contributed by atoms with Crippen LogP contribution in [-0.4, -0.2) is 30.8 Å². The van der Waals surface area contributed by atoms with Crippen LogP contribution in [0, 0.1) is 11.6 Å². The topological polar surface area (TPSA) is 52.8 Å². The van der Waals surface area contributed by atoms with Gasteiger partial charge in [0.25, 0.3) is 5.91 Å². The minimum absolute atomic E-state index is 0.299. The van der Waals surface area contributed by atoms with Gasteiger partial charge in [-0.3, -0.25) is 4.79 Å². The van der Waals surface area contributed by atoms with Crippen molar-refractivity contribution in [1.29, 1.82) is 0 Å². The molecular weight excluding hydrogens is 362 g/mol. The Morgan fingerprint density at radius 1 is 1.19 bits per heavy atom. The van der Waals surface area contributed by atoms with Gasteiger partial charge in [0.2, 0.25) is 0 Å². The van der Waals surface area contributed by atoms with Gasteiger partial charge in [0.1, 0.15) is 17.4 Å². The molecule has 0 aliphatic heterocycles. The lowest BCUT2D eigenvalue weighted by molar-refractivity contribution is -0.120. The normalized spacial score (nSPS) is 11.9. The molecule has 0 atom stereocenters. The van der Waals surface area contributed by atoms with E-state index in [-0.39, 0.29) is 18.2 Å². The highest BCUT2D eigenvalue weighted by Gasteiger charge is 2.12. The second-order valence-electron chi connectivity index (χ2n) is 5.36. The average Bonchev–Trinajstić information content (AvgIpc) is 2.98. The molecule has 0 aliphatic carbocycles. The highest BCUT2D eigenvalue weighted by molar-refractivity contribution is 7.16. The lowest BCUT2D eigenvalue weighted by Gasteiger charge is -2.05. The van der Waals surface area contributed by atoms with E-state index in [4.69, 9.17) is 9.47 Å². The minimum atomic E-state index is -0.521. The highest BCUT2D eigenvalue weighted by Crippen LogP contribution is 2.20. The van der Waals surface area contributed by atoms with Crippen LogP contribution in [0.3, 0.4) is 0 Å². The molecule has 3 rings (SSSR count). The summed E-state index contributed by atoms with van der Waals surface area (Å²) >= 11 is 1.22. The number of carbonyl (C=O) groups is 1. The smallest absolute Gasteiger partial charge is 0.286 e. The maximum atomic E-state index is 14.2. The van der Waals surface area contributed by atoms with Crippen LogP contribution in [0.1, 0.15) is 0 Å². The maximum Gasteiger partial charge on any atom is 0.286 e. The summed E-state index contributed by atoms with van der Waals surface area (Å²) < 4.78 is 39.7. The molecule has 3 aromatic rings. The second-order valence-corrected chi connectivity index (χ2v) is 6.37. The molecule has 0 N–H and O–H groups in total. The summed E-state index contributed by atoms with van der Waals surface area (Å²) in [5.41, 5.74) is 0.389. The Morgan fingerprint density at radius 3 is 2.69 bits per heavy atom. The third kappa shape index (κ3) is 4.14. The molecule has 1 amide bonds. The van der Waals surface area contributed by atoms with Crippen molar-refractivity contribution in [2.45, 2.75) is 6.54 Å². The van der Waals surface area contributed by atoms with Crippen molar-refractivity contribution in [2.24, 2.45) is 4.99 Å². The van der Waals surface area contributed by atoms with E-state index in [0.717, 1.165) is 0 Å². The van der Waals surface area contributed by atoms with Gasteiger partial charge in [-0.05, 0) is 36.4 Å². The highest BCUT2D eigenvalue weighted by atomic mass is 32.1. The van der Waals surface area contributed by atoms with Crippen LogP contribution in [0.5, 0.6) is 5.75 Å².